The van der Waals surface area contributed by atoms with Gasteiger partial charge in [-0.25, -0.2) is 13.2 Å². The second-order valence-corrected chi connectivity index (χ2v) is 6.30. The number of para-hydroxylation sites is 1. The normalized spacial score (nSPS) is 11.2. The monoisotopic (exact) mass is 308 g/mol. The summed E-state index contributed by atoms with van der Waals surface area (Å²) in [5.41, 5.74) is 2.27. The molecule has 1 heterocycles. The zero-order chi connectivity index (χ0) is 15.6. The highest BCUT2D eigenvalue weighted by molar-refractivity contribution is 7.92. The van der Waals surface area contributed by atoms with Gasteiger partial charge in [0.1, 0.15) is 10.6 Å². The van der Waals surface area contributed by atoms with Gasteiger partial charge >= 0.3 is 5.97 Å². The number of nitrogens with one attached hydrogen (secondary N) is 2. The highest BCUT2D eigenvalue weighted by atomic mass is 32.2. The Kier molecular flexibility index (Phi) is 4.04. The van der Waals surface area contributed by atoms with E-state index in [0.29, 0.717) is 5.69 Å². The van der Waals surface area contributed by atoms with Gasteiger partial charge in [-0.2, -0.15) is 0 Å². The van der Waals surface area contributed by atoms with E-state index in [1.165, 1.54) is 19.4 Å². The van der Waals surface area contributed by atoms with Crippen molar-refractivity contribution in [3.05, 3.63) is 47.3 Å². The third-order valence-electron chi connectivity index (χ3n) is 3.09. The number of benzene rings is 1. The van der Waals surface area contributed by atoms with Crippen LogP contribution in [0, 0.1) is 13.8 Å². The van der Waals surface area contributed by atoms with Gasteiger partial charge in [0.2, 0.25) is 0 Å². The largest absolute Gasteiger partial charge is 0.464 e. The summed E-state index contributed by atoms with van der Waals surface area (Å²) >= 11 is 0. The minimum atomic E-state index is -3.77. The molecule has 0 saturated carbocycles. The fraction of sp³-hybridized carbons (Fsp3) is 0.214. The summed E-state index contributed by atoms with van der Waals surface area (Å²) in [6, 6.07) is 6.74. The highest BCUT2D eigenvalue weighted by Gasteiger charge is 2.20. The Morgan fingerprint density at radius 2 is 1.86 bits per heavy atom. The number of esters is 1. The van der Waals surface area contributed by atoms with Crippen LogP contribution in [0.15, 0.2) is 35.4 Å². The maximum atomic E-state index is 12.3. The second kappa shape index (κ2) is 5.61. The molecule has 0 aliphatic carbocycles. The number of H-pyrrole nitrogens is 1. The van der Waals surface area contributed by atoms with E-state index in [1.807, 2.05) is 32.0 Å². The molecule has 0 fully saturated rings. The van der Waals surface area contributed by atoms with Gasteiger partial charge in [-0.3, -0.25) is 4.72 Å². The lowest BCUT2D eigenvalue weighted by Gasteiger charge is -2.12. The zero-order valence-corrected chi connectivity index (χ0v) is 12.7. The molecule has 0 radical (unpaired) electrons. The molecule has 0 aliphatic heterocycles. The van der Waals surface area contributed by atoms with Crippen LogP contribution in [-0.4, -0.2) is 26.5 Å². The first-order chi connectivity index (χ1) is 9.85. The average Bonchev–Trinajstić information content (AvgIpc) is 2.93. The molecule has 0 amide bonds. The first-order valence-corrected chi connectivity index (χ1v) is 7.69. The summed E-state index contributed by atoms with van der Waals surface area (Å²) in [5, 5.41) is 0. The van der Waals surface area contributed by atoms with Crippen molar-refractivity contribution in [2.45, 2.75) is 18.7 Å². The SMILES string of the molecule is COC(=O)c1cc(S(=O)(=O)Nc2c(C)cccc2C)c[nH]1. The molecule has 0 aliphatic rings. The molecular formula is C14H16N2O4S. The van der Waals surface area contributed by atoms with Crippen LogP contribution in [0.4, 0.5) is 5.69 Å². The molecule has 112 valence electrons. The Balaban J connectivity index is 2.35. The van der Waals surface area contributed by atoms with Gasteiger partial charge < -0.3 is 9.72 Å². The van der Waals surface area contributed by atoms with Crippen LogP contribution in [0.2, 0.25) is 0 Å². The second-order valence-electron chi connectivity index (χ2n) is 4.61. The number of rotatable bonds is 4. The minimum Gasteiger partial charge on any atom is -0.464 e. The summed E-state index contributed by atoms with van der Waals surface area (Å²) in [7, 11) is -2.54. The number of hydrogen-bond donors (Lipinski definition) is 2. The number of aromatic amines is 1. The van der Waals surface area contributed by atoms with Crippen molar-refractivity contribution in [3.8, 4) is 0 Å². The van der Waals surface area contributed by atoms with Crippen LogP contribution < -0.4 is 4.72 Å². The summed E-state index contributed by atoms with van der Waals surface area (Å²) in [4.78, 5) is 13.9. The Hall–Kier alpha value is -2.28. The number of hydrogen-bond acceptors (Lipinski definition) is 4. The molecule has 0 spiro atoms. The molecule has 1 aromatic heterocycles. The Labute approximate surface area is 123 Å². The van der Waals surface area contributed by atoms with Crippen molar-refractivity contribution >= 4 is 21.7 Å². The van der Waals surface area contributed by atoms with E-state index < -0.39 is 16.0 Å². The molecule has 2 N–H and O–H groups in total. The fourth-order valence-electron chi connectivity index (χ4n) is 1.93. The van der Waals surface area contributed by atoms with Crippen LogP contribution in [0.3, 0.4) is 0 Å². The van der Waals surface area contributed by atoms with Crippen molar-refractivity contribution in [3.63, 3.8) is 0 Å². The summed E-state index contributed by atoms with van der Waals surface area (Å²) in [6.07, 6.45) is 1.25. The average molecular weight is 308 g/mol. The van der Waals surface area contributed by atoms with E-state index in [4.69, 9.17) is 0 Å². The highest BCUT2D eigenvalue weighted by Crippen LogP contribution is 2.23. The van der Waals surface area contributed by atoms with E-state index >= 15 is 0 Å². The van der Waals surface area contributed by atoms with Crippen molar-refractivity contribution in [2.75, 3.05) is 11.8 Å². The van der Waals surface area contributed by atoms with Gasteiger partial charge in [-0.05, 0) is 31.0 Å². The molecule has 0 unspecified atom stereocenters. The van der Waals surface area contributed by atoms with Gasteiger partial charge in [0.25, 0.3) is 10.0 Å². The fourth-order valence-corrected chi connectivity index (χ4v) is 3.12. The predicted molar refractivity (Wildman–Crippen MR) is 78.9 cm³/mol. The van der Waals surface area contributed by atoms with E-state index in [-0.39, 0.29) is 10.6 Å². The third-order valence-corrected chi connectivity index (χ3v) is 4.42. The summed E-state index contributed by atoms with van der Waals surface area (Å²) < 4.78 is 31.8. The number of aromatic nitrogens is 1. The van der Waals surface area contributed by atoms with Crippen LogP contribution in [-0.2, 0) is 14.8 Å². The molecule has 0 atom stereocenters. The molecule has 7 heteroatoms. The van der Waals surface area contributed by atoms with E-state index in [2.05, 4.69) is 14.4 Å². The van der Waals surface area contributed by atoms with E-state index in [0.717, 1.165) is 11.1 Å². The topological polar surface area (TPSA) is 88.3 Å². The molecule has 1 aromatic carbocycles. The maximum absolute atomic E-state index is 12.3. The summed E-state index contributed by atoms with van der Waals surface area (Å²) in [5.74, 6) is -0.622. The molecule has 0 bridgehead atoms. The number of methoxy groups -OCH3 is 1. The number of carbonyl (C=O) groups excluding carboxylic acids is 1. The van der Waals surface area contributed by atoms with Crippen molar-refractivity contribution < 1.29 is 17.9 Å². The quantitative estimate of drug-likeness (QED) is 0.848. The van der Waals surface area contributed by atoms with E-state index in [9.17, 15) is 13.2 Å². The number of aryl methyl sites for hydroxylation is 2. The lowest BCUT2D eigenvalue weighted by atomic mass is 10.1. The van der Waals surface area contributed by atoms with Crippen molar-refractivity contribution in [1.29, 1.82) is 0 Å². The standard InChI is InChI=1S/C14H16N2O4S/c1-9-5-4-6-10(2)13(9)16-21(18,19)11-7-12(15-8-11)14(17)20-3/h4-8,15-16H,1-3H3. The van der Waals surface area contributed by atoms with Crippen LogP contribution in [0.25, 0.3) is 0 Å². The van der Waals surface area contributed by atoms with E-state index in [1.54, 1.807) is 0 Å². The smallest absolute Gasteiger partial charge is 0.354 e. The molecular weight excluding hydrogens is 292 g/mol. The Morgan fingerprint density at radius 3 is 2.43 bits per heavy atom. The Morgan fingerprint density at radius 1 is 1.24 bits per heavy atom. The van der Waals surface area contributed by atoms with Crippen LogP contribution in [0.1, 0.15) is 21.6 Å². The number of ether oxygens (including phenoxy) is 1. The van der Waals surface area contributed by atoms with Gasteiger partial charge in [0, 0.05) is 6.20 Å². The molecule has 2 rings (SSSR count). The molecule has 2 aromatic rings. The molecule has 0 saturated heterocycles. The maximum Gasteiger partial charge on any atom is 0.354 e. The first kappa shape index (κ1) is 15.1. The van der Waals surface area contributed by atoms with Gasteiger partial charge in [-0.15, -0.1) is 0 Å². The first-order valence-electron chi connectivity index (χ1n) is 6.21. The minimum absolute atomic E-state index is 0.0226. The van der Waals surface area contributed by atoms with Gasteiger partial charge in [0.05, 0.1) is 12.8 Å². The van der Waals surface area contributed by atoms with Crippen molar-refractivity contribution in [1.82, 2.24) is 4.98 Å². The van der Waals surface area contributed by atoms with Crippen LogP contribution >= 0.6 is 0 Å². The van der Waals surface area contributed by atoms with Crippen molar-refractivity contribution in [2.24, 2.45) is 0 Å². The Bertz CT molecular complexity index is 758. The van der Waals surface area contributed by atoms with Gasteiger partial charge in [-0.1, -0.05) is 18.2 Å². The number of carbonyl (C=O) groups is 1. The third kappa shape index (κ3) is 3.08. The predicted octanol–water partition coefficient (Wildman–Crippen LogP) is 2.22. The number of anilines is 1. The molecule has 21 heavy (non-hydrogen) atoms. The van der Waals surface area contributed by atoms with Gasteiger partial charge in [0.15, 0.2) is 0 Å². The lowest BCUT2D eigenvalue weighted by molar-refractivity contribution is 0.0595. The zero-order valence-electron chi connectivity index (χ0n) is 11.9. The summed E-state index contributed by atoms with van der Waals surface area (Å²) in [6.45, 7) is 3.64. The molecule has 6 nitrogen and oxygen atoms in total. The number of sulfonamides is 1. The lowest BCUT2D eigenvalue weighted by Crippen LogP contribution is -2.14. The van der Waals surface area contributed by atoms with Crippen LogP contribution in [0.5, 0.6) is 0 Å².